The van der Waals surface area contributed by atoms with Crippen LogP contribution in [0.2, 0.25) is 0 Å². The number of aromatic amines is 1. The van der Waals surface area contributed by atoms with Crippen LogP contribution in [0, 0.1) is 0 Å². The van der Waals surface area contributed by atoms with Gasteiger partial charge in [-0.2, -0.15) is 0 Å². The lowest BCUT2D eigenvalue weighted by atomic mass is 10.1. The first-order valence-corrected chi connectivity index (χ1v) is 7.58. The molecule has 2 aromatic heterocycles. The summed E-state index contributed by atoms with van der Waals surface area (Å²) in [6, 6.07) is 16.8. The largest absolute Gasteiger partial charge is 0.352 e. The highest BCUT2D eigenvalue weighted by Crippen LogP contribution is 2.33. The van der Waals surface area contributed by atoms with Crippen molar-refractivity contribution in [2.75, 3.05) is 5.75 Å². The number of nitrogens with one attached hydrogen (secondary N) is 1. The number of rotatable bonds is 2. The van der Waals surface area contributed by atoms with Gasteiger partial charge in [0.05, 0.1) is 22.8 Å². The second-order valence-corrected chi connectivity index (χ2v) is 5.80. The van der Waals surface area contributed by atoms with E-state index >= 15 is 0 Å². The van der Waals surface area contributed by atoms with Crippen molar-refractivity contribution in [2.45, 2.75) is 6.04 Å². The van der Waals surface area contributed by atoms with Gasteiger partial charge in [-0.25, -0.2) is 0 Å². The summed E-state index contributed by atoms with van der Waals surface area (Å²) in [4.78, 5) is 12.6. The monoisotopic (exact) mass is 279 g/mol. The number of benzene rings is 1. The SMILES string of the molecule is c1ccc(C2CSC(c3cc4ncccc4[nH]3)=N2)cc1. The van der Waals surface area contributed by atoms with E-state index in [2.05, 4.69) is 40.3 Å². The number of nitrogens with zero attached hydrogens (tertiary/aromatic N) is 2. The van der Waals surface area contributed by atoms with Crippen molar-refractivity contribution in [1.82, 2.24) is 9.97 Å². The molecule has 20 heavy (non-hydrogen) atoms. The van der Waals surface area contributed by atoms with Crippen LogP contribution in [-0.2, 0) is 0 Å². The summed E-state index contributed by atoms with van der Waals surface area (Å²) < 4.78 is 0. The Balaban J connectivity index is 1.69. The van der Waals surface area contributed by atoms with Gasteiger partial charge in [-0.15, -0.1) is 11.8 Å². The third-order valence-electron chi connectivity index (χ3n) is 3.45. The highest BCUT2D eigenvalue weighted by Gasteiger charge is 2.21. The summed E-state index contributed by atoms with van der Waals surface area (Å²) >= 11 is 1.80. The summed E-state index contributed by atoms with van der Waals surface area (Å²) in [5.74, 6) is 1.00. The fourth-order valence-corrected chi connectivity index (χ4v) is 3.49. The predicted octanol–water partition coefficient (Wildman–Crippen LogP) is 3.80. The quantitative estimate of drug-likeness (QED) is 0.775. The molecule has 0 aliphatic carbocycles. The Morgan fingerprint density at radius 3 is 2.85 bits per heavy atom. The van der Waals surface area contributed by atoms with Gasteiger partial charge in [0.25, 0.3) is 0 Å². The average Bonchev–Trinajstić information content (AvgIpc) is 3.14. The molecule has 3 nitrogen and oxygen atoms in total. The van der Waals surface area contributed by atoms with Crippen LogP contribution in [0.4, 0.5) is 0 Å². The molecule has 0 saturated heterocycles. The molecule has 4 rings (SSSR count). The first kappa shape index (κ1) is 11.7. The molecular formula is C16H13N3S. The molecule has 1 aliphatic heterocycles. The molecule has 4 heteroatoms. The fraction of sp³-hybridized carbons (Fsp3) is 0.125. The number of aliphatic imine (C=N–C) groups is 1. The summed E-state index contributed by atoms with van der Waals surface area (Å²) in [7, 11) is 0. The highest BCUT2D eigenvalue weighted by molar-refractivity contribution is 8.14. The second kappa shape index (κ2) is 4.80. The second-order valence-electron chi connectivity index (χ2n) is 4.79. The molecule has 3 heterocycles. The van der Waals surface area contributed by atoms with E-state index in [1.165, 1.54) is 5.56 Å². The van der Waals surface area contributed by atoms with Crippen molar-refractivity contribution in [3.8, 4) is 0 Å². The number of H-pyrrole nitrogens is 1. The number of hydrogen-bond acceptors (Lipinski definition) is 3. The molecule has 0 spiro atoms. The maximum absolute atomic E-state index is 4.84. The molecule has 1 N–H and O–H groups in total. The van der Waals surface area contributed by atoms with Gasteiger partial charge in [-0.3, -0.25) is 9.98 Å². The van der Waals surface area contributed by atoms with Crippen molar-refractivity contribution in [3.05, 3.63) is 66.0 Å². The van der Waals surface area contributed by atoms with Crippen LogP contribution in [-0.4, -0.2) is 20.8 Å². The van der Waals surface area contributed by atoms with Crippen molar-refractivity contribution < 1.29 is 0 Å². The minimum absolute atomic E-state index is 0.260. The molecule has 0 fully saturated rings. The van der Waals surface area contributed by atoms with E-state index in [1.807, 2.05) is 24.4 Å². The van der Waals surface area contributed by atoms with Gasteiger partial charge in [0.1, 0.15) is 5.04 Å². The molecule has 1 aromatic carbocycles. The Hall–Kier alpha value is -2.07. The smallest absolute Gasteiger partial charge is 0.115 e. The molecule has 3 aromatic rings. The van der Waals surface area contributed by atoms with Crippen LogP contribution in [0.3, 0.4) is 0 Å². The summed E-state index contributed by atoms with van der Waals surface area (Å²) in [6.45, 7) is 0. The normalized spacial score (nSPS) is 18.4. The molecule has 0 radical (unpaired) electrons. The standard InChI is InChI=1S/C16H13N3S/c1-2-5-11(6-3-1)15-10-20-16(19-15)14-9-13-12(18-14)7-4-8-17-13/h1-9,15,18H,10H2. The third-order valence-corrected chi connectivity index (χ3v) is 4.54. The van der Waals surface area contributed by atoms with E-state index in [4.69, 9.17) is 4.99 Å². The van der Waals surface area contributed by atoms with E-state index in [0.29, 0.717) is 0 Å². The average molecular weight is 279 g/mol. The van der Waals surface area contributed by atoms with Crippen molar-refractivity contribution >= 4 is 27.8 Å². The summed E-state index contributed by atoms with van der Waals surface area (Å²) in [5.41, 5.74) is 4.41. The number of fused-ring (bicyclic) bond motifs is 1. The Labute approximate surface area is 121 Å². The predicted molar refractivity (Wildman–Crippen MR) is 84.3 cm³/mol. The maximum Gasteiger partial charge on any atom is 0.115 e. The Morgan fingerprint density at radius 1 is 1.10 bits per heavy atom. The van der Waals surface area contributed by atoms with Crippen molar-refractivity contribution in [3.63, 3.8) is 0 Å². The van der Waals surface area contributed by atoms with Gasteiger partial charge in [0, 0.05) is 11.9 Å². The molecule has 0 saturated carbocycles. The van der Waals surface area contributed by atoms with Crippen LogP contribution in [0.15, 0.2) is 59.7 Å². The minimum atomic E-state index is 0.260. The van der Waals surface area contributed by atoms with Gasteiger partial charge >= 0.3 is 0 Å². The number of aromatic nitrogens is 2. The lowest BCUT2D eigenvalue weighted by molar-refractivity contribution is 0.849. The number of pyridine rings is 1. The Bertz CT molecular complexity index is 744. The third kappa shape index (κ3) is 2.02. The number of thioether (sulfide) groups is 1. The van der Waals surface area contributed by atoms with Gasteiger partial charge in [0.2, 0.25) is 0 Å². The molecule has 1 aliphatic rings. The van der Waals surface area contributed by atoms with Crippen LogP contribution in [0.5, 0.6) is 0 Å². The van der Waals surface area contributed by atoms with Gasteiger partial charge in [-0.05, 0) is 23.8 Å². The molecule has 0 amide bonds. The van der Waals surface area contributed by atoms with Crippen molar-refractivity contribution in [2.24, 2.45) is 4.99 Å². The van der Waals surface area contributed by atoms with Gasteiger partial charge in [-0.1, -0.05) is 30.3 Å². The lowest BCUT2D eigenvalue weighted by Crippen LogP contribution is -1.93. The Kier molecular flexibility index (Phi) is 2.81. The molecular weight excluding hydrogens is 266 g/mol. The zero-order valence-corrected chi connectivity index (χ0v) is 11.6. The van der Waals surface area contributed by atoms with Crippen LogP contribution in [0.25, 0.3) is 11.0 Å². The zero-order valence-electron chi connectivity index (χ0n) is 10.8. The Morgan fingerprint density at radius 2 is 2.00 bits per heavy atom. The van der Waals surface area contributed by atoms with Gasteiger partial charge in [0.15, 0.2) is 0 Å². The van der Waals surface area contributed by atoms with Gasteiger partial charge < -0.3 is 4.98 Å². The molecule has 1 atom stereocenters. The van der Waals surface area contributed by atoms with E-state index in [1.54, 1.807) is 11.8 Å². The maximum atomic E-state index is 4.84. The van der Waals surface area contributed by atoms with E-state index < -0.39 is 0 Å². The van der Waals surface area contributed by atoms with Crippen LogP contribution < -0.4 is 0 Å². The molecule has 0 bridgehead atoms. The fourth-order valence-electron chi connectivity index (χ4n) is 2.44. The number of hydrogen-bond donors (Lipinski definition) is 1. The summed E-state index contributed by atoms with van der Waals surface area (Å²) in [6.07, 6.45) is 1.82. The van der Waals surface area contributed by atoms with E-state index in [-0.39, 0.29) is 6.04 Å². The molecule has 1 unspecified atom stereocenters. The minimum Gasteiger partial charge on any atom is -0.352 e. The highest BCUT2D eigenvalue weighted by atomic mass is 32.2. The lowest BCUT2D eigenvalue weighted by Gasteiger charge is -2.04. The van der Waals surface area contributed by atoms with Crippen LogP contribution in [0.1, 0.15) is 17.3 Å². The summed E-state index contributed by atoms with van der Waals surface area (Å²) in [5, 5.41) is 1.08. The first-order chi connectivity index (χ1) is 9.90. The van der Waals surface area contributed by atoms with Crippen molar-refractivity contribution in [1.29, 1.82) is 0 Å². The zero-order chi connectivity index (χ0) is 13.4. The van der Waals surface area contributed by atoms with Crippen LogP contribution >= 0.6 is 11.8 Å². The topological polar surface area (TPSA) is 41.0 Å². The molecule has 98 valence electrons. The van der Waals surface area contributed by atoms with E-state index in [9.17, 15) is 0 Å². The van der Waals surface area contributed by atoms with E-state index in [0.717, 1.165) is 27.5 Å². The first-order valence-electron chi connectivity index (χ1n) is 6.60.